The molecule has 3 aromatic rings. The van der Waals surface area contributed by atoms with Crippen molar-refractivity contribution >= 4 is 16.9 Å². The summed E-state index contributed by atoms with van der Waals surface area (Å²) < 4.78 is 10.8. The van der Waals surface area contributed by atoms with Gasteiger partial charge in [0.25, 0.3) is 5.91 Å². The minimum absolute atomic E-state index is 0.192. The van der Waals surface area contributed by atoms with Gasteiger partial charge in [-0.15, -0.1) is 0 Å². The van der Waals surface area contributed by atoms with Gasteiger partial charge >= 0.3 is 5.63 Å². The lowest BCUT2D eigenvalue weighted by molar-refractivity contribution is -0.127. The third-order valence-electron chi connectivity index (χ3n) is 4.23. The highest BCUT2D eigenvalue weighted by Gasteiger charge is 2.16. The molecular formula is C21H21NO4. The second kappa shape index (κ2) is 7.87. The predicted octanol–water partition coefficient (Wildman–Crippen LogP) is 3.48. The molecule has 0 spiro atoms. The van der Waals surface area contributed by atoms with E-state index in [-0.39, 0.29) is 11.8 Å². The van der Waals surface area contributed by atoms with Gasteiger partial charge in [-0.25, -0.2) is 4.79 Å². The zero-order valence-corrected chi connectivity index (χ0v) is 14.8. The van der Waals surface area contributed by atoms with Crippen LogP contribution in [0.5, 0.6) is 5.75 Å². The van der Waals surface area contributed by atoms with Crippen LogP contribution in [-0.4, -0.2) is 18.6 Å². The Balaban J connectivity index is 1.59. The van der Waals surface area contributed by atoms with Crippen molar-refractivity contribution in [3.63, 3.8) is 0 Å². The van der Waals surface area contributed by atoms with E-state index in [9.17, 15) is 9.59 Å². The van der Waals surface area contributed by atoms with Gasteiger partial charge in [0.15, 0.2) is 6.10 Å². The first-order valence-electron chi connectivity index (χ1n) is 8.56. The van der Waals surface area contributed by atoms with E-state index in [4.69, 9.17) is 9.15 Å². The number of nitrogens with one attached hydrogen (secondary N) is 1. The monoisotopic (exact) mass is 351 g/mol. The third-order valence-corrected chi connectivity index (χ3v) is 4.23. The van der Waals surface area contributed by atoms with Crippen LogP contribution in [0.25, 0.3) is 11.0 Å². The van der Waals surface area contributed by atoms with Gasteiger partial charge in [-0.2, -0.15) is 0 Å². The Morgan fingerprint density at radius 1 is 1.08 bits per heavy atom. The van der Waals surface area contributed by atoms with Crippen LogP contribution in [0.2, 0.25) is 0 Å². The molecule has 0 saturated heterocycles. The smallest absolute Gasteiger partial charge is 0.336 e. The lowest BCUT2D eigenvalue weighted by Crippen LogP contribution is -2.38. The van der Waals surface area contributed by atoms with Crippen molar-refractivity contribution in [2.45, 2.75) is 25.9 Å². The Kier molecular flexibility index (Phi) is 5.37. The molecule has 1 heterocycles. The predicted molar refractivity (Wildman–Crippen MR) is 100 cm³/mol. The number of rotatable bonds is 6. The number of amides is 1. The molecule has 0 saturated carbocycles. The summed E-state index contributed by atoms with van der Waals surface area (Å²) in [6.07, 6.45) is -0.661. The highest BCUT2D eigenvalue weighted by Crippen LogP contribution is 2.20. The second-order valence-corrected chi connectivity index (χ2v) is 6.27. The number of ether oxygens (including phenoxy) is 1. The summed E-state index contributed by atoms with van der Waals surface area (Å²) in [5.74, 6) is 0.496. The van der Waals surface area contributed by atoms with Gasteiger partial charge in [0.1, 0.15) is 11.3 Å². The molecule has 26 heavy (non-hydrogen) atoms. The number of carbonyl (C=O) groups is 1. The Bertz CT molecular complexity index is 949. The van der Waals surface area contributed by atoms with Gasteiger partial charge in [-0.3, -0.25) is 4.79 Å². The minimum Gasteiger partial charge on any atom is -0.481 e. The van der Waals surface area contributed by atoms with Crippen LogP contribution in [-0.2, 0) is 4.79 Å². The Hall–Kier alpha value is -3.08. The van der Waals surface area contributed by atoms with Gasteiger partial charge < -0.3 is 14.5 Å². The van der Waals surface area contributed by atoms with Gasteiger partial charge in [-0.05, 0) is 36.6 Å². The van der Waals surface area contributed by atoms with E-state index in [0.29, 0.717) is 17.9 Å². The maximum absolute atomic E-state index is 12.3. The van der Waals surface area contributed by atoms with Crippen LogP contribution in [0.1, 0.15) is 25.3 Å². The Labute approximate surface area is 151 Å². The van der Waals surface area contributed by atoms with Crippen molar-refractivity contribution in [1.29, 1.82) is 0 Å². The maximum atomic E-state index is 12.3. The summed E-state index contributed by atoms with van der Waals surface area (Å²) >= 11 is 0. The summed E-state index contributed by atoms with van der Waals surface area (Å²) in [7, 11) is 0. The molecule has 0 aliphatic rings. The SMILES string of the molecule is C[C@H](Oc1ccc2ccc(=O)oc2c1)C(=O)NC[C@H](C)c1ccccc1. The average molecular weight is 351 g/mol. The van der Waals surface area contributed by atoms with Crippen molar-refractivity contribution < 1.29 is 13.9 Å². The summed E-state index contributed by atoms with van der Waals surface area (Å²) in [4.78, 5) is 23.6. The molecule has 1 N–H and O–H groups in total. The normalized spacial score (nSPS) is 13.2. The van der Waals surface area contributed by atoms with E-state index < -0.39 is 11.7 Å². The Morgan fingerprint density at radius 3 is 2.58 bits per heavy atom. The van der Waals surface area contributed by atoms with Gasteiger partial charge in [0, 0.05) is 24.1 Å². The van der Waals surface area contributed by atoms with Crippen LogP contribution in [0.15, 0.2) is 69.9 Å². The average Bonchev–Trinajstić information content (AvgIpc) is 2.66. The fourth-order valence-electron chi connectivity index (χ4n) is 2.67. The first-order valence-corrected chi connectivity index (χ1v) is 8.56. The number of hydrogen-bond donors (Lipinski definition) is 1. The number of benzene rings is 2. The Morgan fingerprint density at radius 2 is 1.81 bits per heavy atom. The fraction of sp³-hybridized carbons (Fsp3) is 0.238. The van der Waals surface area contributed by atoms with Crippen LogP contribution < -0.4 is 15.7 Å². The van der Waals surface area contributed by atoms with Gasteiger partial charge in [0.05, 0.1) is 0 Å². The van der Waals surface area contributed by atoms with E-state index in [1.807, 2.05) is 30.3 Å². The zero-order chi connectivity index (χ0) is 18.5. The van der Waals surface area contributed by atoms with E-state index >= 15 is 0 Å². The molecule has 1 amide bonds. The molecule has 0 bridgehead atoms. The summed E-state index contributed by atoms with van der Waals surface area (Å²) in [5, 5.41) is 3.71. The van der Waals surface area contributed by atoms with Crippen LogP contribution in [0, 0.1) is 0 Å². The molecule has 0 aliphatic carbocycles. The number of fused-ring (bicyclic) bond motifs is 1. The van der Waals surface area contributed by atoms with E-state index in [1.54, 1.807) is 31.2 Å². The molecule has 2 aromatic carbocycles. The molecule has 0 unspecified atom stereocenters. The maximum Gasteiger partial charge on any atom is 0.336 e. The highest BCUT2D eigenvalue weighted by atomic mass is 16.5. The second-order valence-electron chi connectivity index (χ2n) is 6.27. The summed E-state index contributed by atoms with van der Waals surface area (Å²) in [6, 6.07) is 18.2. The molecule has 134 valence electrons. The lowest BCUT2D eigenvalue weighted by Gasteiger charge is -2.17. The molecule has 2 atom stereocenters. The fourth-order valence-corrected chi connectivity index (χ4v) is 2.67. The third kappa shape index (κ3) is 4.30. The quantitative estimate of drug-likeness (QED) is 0.691. The van der Waals surface area contributed by atoms with E-state index in [0.717, 1.165) is 5.39 Å². The van der Waals surface area contributed by atoms with Gasteiger partial charge in [-0.1, -0.05) is 37.3 Å². The molecular weight excluding hydrogens is 330 g/mol. The molecule has 0 aliphatic heterocycles. The molecule has 0 radical (unpaired) electrons. The molecule has 5 nitrogen and oxygen atoms in total. The van der Waals surface area contributed by atoms with Crippen LogP contribution in [0.4, 0.5) is 0 Å². The molecule has 1 aromatic heterocycles. The topological polar surface area (TPSA) is 68.5 Å². The standard InChI is InChI=1S/C21H21NO4/c1-14(16-6-4-3-5-7-16)13-22-21(24)15(2)25-18-10-8-17-9-11-20(23)26-19(17)12-18/h3-12,14-15H,13H2,1-2H3,(H,22,24)/t14-,15-/m0/s1. The lowest BCUT2D eigenvalue weighted by atomic mass is 10.0. The van der Waals surface area contributed by atoms with Crippen molar-refractivity contribution in [3.05, 3.63) is 76.6 Å². The zero-order valence-electron chi connectivity index (χ0n) is 14.8. The number of carbonyl (C=O) groups excluding carboxylic acids is 1. The first-order chi connectivity index (χ1) is 12.5. The first kappa shape index (κ1) is 17.7. The molecule has 0 fully saturated rings. The van der Waals surface area contributed by atoms with E-state index in [2.05, 4.69) is 12.2 Å². The van der Waals surface area contributed by atoms with Crippen molar-refractivity contribution in [1.82, 2.24) is 5.32 Å². The van der Waals surface area contributed by atoms with Gasteiger partial charge in [0.2, 0.25) is 0 Å². The number of hydrogen-bond acceptors (Lipinski definition) is 4. The molecule has 5 heteroatoms. The highest BCUT2D eigenvalue weighted by molar-refractivity contribution is 5.81. The largest absolute Gasteiger partial charge is 0.481 e. The summed E-state index contributed by atoms with van der Waals surface area (Å²) in [6.45, 7) is 4.28. The summed E-state index contributed by atoms with van der Waals surface area (Å²) in [5.41, 5.74) is 1.18. The minimum atomic E-state index is -0.661. The van der Waals surface area contributed by atoms with E-state index in [1.165, 1.54) is 11.6 Å². The van der Waals surface area contributed by atoms with Crippen molar-refractivity contribution in [2.24, 2.45) is 0 Å². The van der Waals surface area contributed by atoms with Crippen LogP contribution in [0.3, 0.4) is 0 Å². The van der Waals surface area contributed by atoms with Crippen molar-refractivity contribution in [3.8, 4) is 5.75 Å². The molecule has 3 rings (SSSR count). The van der Waals surface area contributed by atoms with Crippen LogP contribution >= 0.6 is 0 Å². The van der Waals surface area contributed by atoms with Crippen molar-refractivity contribution in [2.75, 3.05) is 6.54 Å².